The number of aliphatic hydroxyl groups is 1. The van der Waals surface area contributed by atoms with Gasteiger partial charge < -0.3 is 20.3 Å². The molecule has 1 rings (SSSR count). The third-order valence-electron chi connectivity index (χ3n) is 2.65. The van der Waals surface area contributed by atoms with Crippen LogP contribution in [0.15, 0.2) is 24.0 Å². The first kappa shape index (κ1) is 11.2. The normalized spacial score (nSPS) is 31.4. The predicted molar refractivity (Wildman–Crippen MR) is 53.6 cm³/mol. The summed E-state index contributed by atoms with van der Waals surface area (Å²) in [5.74, 6) is 0.572. The van der Waals surface area contributed by atoms with Crippen LogP contribution in [0.25, 0.3) is 0 Å². The lowest BCUT2D eigenvalue weighted by Crippen LogP contribution is -2.47. The summed E-state index contributed by atoms with van der Waals surface area (Å²) in [6.45, 7) is 0.320. The fourth-order valence-corrected chi connectivity index (χ4v) is 1.61. The maximum absolute atomic E-state index is 9.23. The van der Waals surface area contributed by atoms with E-state index in [4.69, 9.17) is 15.2 Å². The van der Waals surface area contributed by atoms with Crippen LogP contribution in [0.1, 0.15) is 0 Å². The van der Waals surface area contributed by atoms with Crippen molar-refractivity contribution in [1.82, 2.24) is 0 Å². The average molecular weight is 199 g/mol. The van der Waals surface area contributed by atoms with Gasteiger partial charge in [-0.25, -0.2) is 0 Å². The third-order valence-corrected chi connectivity index (χ3v) is 2.65. The van der Waals surface area contributed by atoms with Crippen molar-refractivity contribution < 1.29 is 14.6 Å². The number of nitrogens with two attached hydrogens (primary N) is 1. The number of allylic oxidation sites excluding steroid dienone is 1. The van der Waals surface area contributed by atoms with Crippen LogP contribution in [-0.2, 0) is 9.47 Å². The Bertz CT molecular complexity index is 244. The molecule has 0 aromatic rings. The third kappa shape index (κ3) is 1.82. The highest BCUT2D eigenvalue weighted by atomic mass is 16.5. The topological polar surface area (TPSA) is 64.7 Å². The van der Waals surface area contributed by atoms with Gasteiger partial charge in [-0.05, 0) is 18.2 Å². The van der Waals surface area contributed by atoms with E-state index in [2.05, 4.69) is 0 Å². The van der Waals surface area contributed by atoms with Crippen LogP contribution in [0.2, 0.25) is 0 Å². The summed E-state index contributed by atoms with van der Waals surface area (Å²) >= 11 is 0. The summed E-state index contributed by atoms with van der Waals surface area (Å²) in [4.78, 5) is 0. The molecule has 0 aliphatic heterocycles. The summed E-state index contributed by atoms with van der Waals surface area (Å²) in [6.07, 6.45) is 5.48. The Morgan fingerprint density at radius 2 is 2.29 bits per heavy atom. The van der Waals surface area contributed by atoms with Crippen molar-refractivity contribution in [3.63, 3.8) is 0 Å². The Hall–Kier alpha value is -0.840. The second kappa shape index (κ2) is 4.59. The highest BCUT2D eigenvalue weighted by molar-refractivity contribution is 5.27. The van der Waals surface area contributed by atoms with Gasteiger partial charge in [0.05, 0.1) is 13.7 Å². The van der Waals surface area contributed by atoms with Crippen LogP contribution < -0.4 is 5.73 Å². The molecule has 0 aromatic carbocycles. The van der Waals surface area contributed by atoms with Crippen LogP contribution in [0.4, 0.5) is 0 Å². The zero-order valence-electron chi connectivity index (χ0n) is 8.56. The van der Waals surface area contributed by atoms with Crippen LogP contribution in [0.3, 0.4) is 0 Å². The van der Waals surface area contributed by atoms with Gasteiger partial charge in [0, 0.05) is 19.6 Å². The van der Waals surface area contributed by atoms with Crippen molar-refractivity contribution in [2.24, 2.45) is 11.7 Å². The van der Waals surface area contributed by atoms with E-state index in [-0.39, 0.29) is 12.5 Å². The minimum atomic E-state index is -0.600. The predicted octanol–water partition coefficient (Wildman–Crippen LogP) is 0.0389. The molecular formula is C10H17NO3. The Morgan fingerprint density at radius 3 is 2.71 bits per heavy atom. The molecule has 0 amide bonds. The molecule has 0 bridgehead atoms. The summed E-state index contributed by atoms with van der Waals surface area (Å²) in [7, 11) is 3.18. The molecule has 0 radical (unpaired) electrons. The number of methoxy groups -OCH3 is 2. The van der Waals surface area contributed by atoms with Crippen molar-refractivity contribution in [1.29, 1.82) is 0 Å². The Morgan fingerprint density at radius 1 is 1.57 bits per heavy atom. The minimum Gasteiger partial charge on any atom is -0.497 e. The molecule has 4 nitrogen and oxygen atoms in total. The van der Waals surface area contributed by atoms with Crippen molar-refractivity contribution in [3.05, 3.63) is 24.0 Å². The summed E-state index contributed by atoms with van der Waals surface area (Å²) in [5, 5.41) is 9.23. The van der Waals surface area contributed by atoms with Gasteiger partial charge in [0.25, 0.3) is 0 Å². The fourth-order valence-electron chi connectivity index (χ4n) is 1.61. The quantitative estimate of drug-likeness (QED) is 0.671. The Labute approximate surface area is 84.0 Å². The SMILES string of the molecule is COC1=CC(CO)C(CN)(OC)C=C1. The zero-order valence-corrected chi connectivity index (χ0v) is 8.56. The molecule has 0 saturated heterocycles. The lowest BCUT2D eigenvalue weighted by atomic mass is 9.83. The molecular weight excluding hydrogens is 182 g/mol. The van der Waals surface area contributed by atoms with Crippen LogP contribution in [0, 0.1) is 5.92 Å². The summed E-state index contributed by atoms with van der Waals surface area (Å²) in [6, 6.07) is 0. The van der Waals surface area contributed by atoms with Gasteiger partial charge in [-0.2, -0.15) is 0 Å². The molecule has 3 N–H and O–H groups in total. The van der Waals surface area contributed by atoms with Crippen molar-refractivity contribution in [3.8, 4) is 0 Å². The van der Waals surface area contributed by atoms with Gasteiger partial charge in [-0.1, -0.05) is 0 Å². The van der Waals surface area contributed by atoms with Crippen molar-refractivity contribution in [2.75, 3.05) is 27.4 Å². The van der Waals surface area contributed by atoms with E-state index < -0.39 is 5.60 Å². The second-order valence-electron chi connectivity index (χ2n) is 3.26. The van der Waals surface area contributed by atoms with Crippen LogP contribution >= 0.6 is 0 Å². The van der Waals surface area contributed by atoms with E-state index in [0.717, 1.165) is 5.76 Å². The number of rotatable bonds is 4. The van der Waals surface area contributed by atoms with E-state index >= 15 is 0 Å². The summed E-state index contributed by atoms with van der Waals surface area (Å²) < 4.78 is 10.4. The molecule has 80 valence electrons. The van der Waals surface area contributed by atoms with Gasteiger partial charge in [-0.3, -0.25) is 0 Å². The van der Waals surface area contributed by atoms with E-state index in [1.54, 1.807) is 14.2 Å². The first-order valence-corrected chi connectivity index (χ1v) is 4.53. The second-order valence-corrected chi connectivity index (χ2v) is 3.26. The fraction of sp³-hybridized carbons (Fsp3) is 0.600. The number of aliphatic hydroxyl groups excluding tert-OH is 1. The zero-order chi connectivity index (χ0) is 10.6. The molecule has 0 aromatic heterocycles. The van der Waals surface area contributed by atoms with Gasteiger partial charge in [0.1, 0.15) is 11.4 Å². The molecule has 14 heavy (non-hydrogen) atoms. The van der Waals surface area contributed by atoms with Gasteiger partial charge in [0.2, 0.25) is 0 Å². The Balaban J connectivity index is 2.92. The van der Waals surface area contributed by atoms with Gasteiger partial charge in [0.15, 0.2) is 0 Å². The van der Waals surface area contributed by atoms with E-state index in [0.29, 0.717) is 6.54 Å². The standard InChI is InChI=1S/C10H17NO3/c1-13-9-3-4-10(7-11,14-2)8(5-9)6-12/h3-5,8,12H,6-7,11H2,1-2H3. The lowest BCUT2D eigenvalue weighted by Gasteiger charge is -2.36. The van der Waals surface area contributed by atoms with Crippen molar-refractivity contribution in [2.45, 2.75) is 5.60 Å². The average Bonchev–Trinajstić information content (AvgIpc) is 2.28. The van der Waals surface area contributed by atoms with Crippen LogP contribution in [0.5, 0.6) is 0 Å². The molecule has 0 heterocycles. The largest absolute Gasteiger partial charge is 0.497 e. The first-order chi connectivity index (χ1) is 6.72. The number of hydrogen-bond donors (Lipinski definition) is 2. The molecule has 2 unspecified atom stereocenters. The highest BCUT2D eigenvalue weighted by Crippen LogP contribution is 2.29. The molecule has 1 aliphatic carbocycles. The monoisotopic (exact) mass is 199 g/mol. The molecule has 0 fully saturated rings. The van der Waals surface area contributed by atoms with Gasteiger partial charge in [-0.15, -0.1) is 0 Å². The number of ether oxygens (including phenoxy) is 2. The molecule has 4 heteroatoms. The first-order valence-electron chi connectivity index (χ1n) is 4.53. The maximum Gasteiger partial charge on any atom is 0.115 e. The molecule has 1 aliphatic rings. The van der Waals surface area contributed by atoms with Crippen molar-refractivity contribution >= 4 is 0 Å². The summed E-state index contributed by atoms with van der Waals surface area (Å²) in [5.41, 5.74) is 5.04. The Kier molecular flexibility index (Phi) is 3.69. The van der Waals surface area contributed by atoms with E-state index in [1.165, 1.54) is 0 Å². The maximum atomic E-state index is 9.23. The molecule has 0 saturated carbocycles. The molecule has 0 spiro atoms. The van der Waals surface area contributed by atoms with E-state index in [1.807, 2.05) is 18.2 Å². The van der Waals surface area contributed by atoms with Gasteiger partial charge >= 0.3 is 0 Å². The molecule has 2 atom stereocenters. The van der Waals surface area contributed by atoms with Crippen LogP contribution in [-0.4, -0.2) is 38.1 Å². The minimum absolute atomic E-state index is 0.0117. The smallest absolute Gasteiger partial charge is 0.115 e. The highest BCUT2D eigenvalue weighted by Gasteiger charge is 2.36. The van der Waals surface area contributed by atoms with E-state index in [9.17, 15) is 5.11 Å². The number of hydrogen-bond acceptors (Lipinski definition) is 4. The lowest BCUT2D eigenvalue weighted by molar-refractivity contribution is -0.0155.